The maximum atomic E-state index is 11.9. The average molecular weight is 312 g/mol. The summed E-state index contributed by atoms with van der Waals surface area (Å²) in [5, 5.41) is 0. The lowest BCUT2D eigenvalue weighted by Crippen LogP contribution is -2.42. The number of ether oxygens (including phenoxy) is 2. The highest BCUT2D eigenvalue weighted by atomic mass is 16.6. The van der Waals surface area contributed by atoms with E-state index >= 15 is 0 Å². The van der Waals surface area contributed by atoms with E-state index in [0.29, 0.717) is 25.9 Å². The Kier molecular flexibility index (Phi) is 5.97. The van der Waals surface area contributed by atoms with Crippen LogP contribution >= 0.6 is 0 Å². The van der Waals surface area contributed by atoms with Crippen LogP contribution in [-0.4, -0.2) is 53.5 Å². The molecule has 6 nitrogen and oxygen atoms in total. The Hall–Kier alpha value is -1.59. The number of piperidine rings is 1. The molecule has 1 aliphatic heterocycles. The van der Waals surface area contributed by atoms with Gasteiger partial charge in [0, 0.05) is 31.6 Å². The zero-order valence-corrected chi connectivity index (χ0v) is 14.6. The number of likely N-dealkylation sites (tertiary alicyclic amines) is 1. The fraction of sp³-hybridized carbons (Fsp3) is 0.812. The van der Waals surface area contributed by atoms with Crippen LogP contribution in [0.5, 0.6) is 0 Å². The second-order valence-corrected chi connectivity index (χ2v) is 7.44. The number of carbonyl (C=O) groups excluding carboxylic acids is 2. The summed E-state index contributed by atoms with van der Waals surface area (Å²) < 4.78 is 10.6. The van der Waals surface area contributed by atoms with Crippen molar-refractivity contribution < 1.29 is 19.1 Å². The summed E-state index contributed by atoms with van der Waals surface area (Å²) in [6.45, 7) is 12.2. The van der Waals surface area contributed by atoms with Crippen molar-refractivity contribution in [1.82, 2.24) is 4.90 Å². The molecule has 0 aromatic rings. The summed E-state index contributed by atoms with van der Waals surface area (Å²) in [6, 6.07) is 0. The predicted molar refractivity (Wildman–Crippen MR) is 85.2 cm³/mol. The Morgan fingerprint density at radius 3 is 1.95 bits per heavy atom. The summed E-state index contributed by atoms with van der Waals surface area (Å²) in [4.78, 5) is 29.5. The highest BCUT2D eigenvalue weighted by Gasteiger charge is 2.25. The van der Waals surface area contributed by atoms with Crippen molar-refractivity contribution in [3.05, 3.63) is 0 Å². The number of rotatable bonds is 2. The molecule has 22 heavy (non-hydrogen) atoms. The van der Waals surface area contributed by atoms with Crippen LogP contribution in [0.4, 0.5) is 4.79 Å². The van der Waals surface area contributed by atoms with Crippen molar-refractivity contribution in [3.63, 3.8) is 0 Å². The molecule has 0 N–H and O–H groups in total. The summed E-state index contributed by atoms with van der Waals surface area (Å²) in [6.07, 6.45) is 1.04. The first kappa shape index (κ1) is 18.5. The van der Waals surface area contributed by atoms with Gasteiger partial charge in [-0.25, -0.2) is 4.79 Å². The van der Waals surface area contributed by atoms with Crippen molar-refractivity contribution in [3.8, 4) is 0 Å². The third kappa shape index (κ3) is 7.43. The quantitative estimate of drug-likeness (QED) is 0.735. The molecule has 1 amide bonds. The van der Waals surface area contributed by atoms with E-state index in [2.05, 4.69) is 4.99 Å². The van der Waals surface area contributed by atoms with Gasteiger partial charge >= 0.3 is 12.1 Å². The Balaban J connectivity index is 2.40. The zero-order valence-electron chi connectivity index (χ0n) is 14.6. The van der Waals surface area contributed by atoms with Crippen molar-refractivity contribution in [2.45, 2.75) is 65.6 Å². The molecule has 0 aromatic carbocycles. The molecule has 0 atom stereocenters. The first-order chi connectivity index (χ1) is 9.96. The molecule has 0 bridgehead atoms. The van der Waals surface area contributed by atoms with E-state index in [1.54, 1.807) is 4.90 Å². The SMILES string of the molecule is CC(C)(C)OC(=O)CN=C1CCN(C(=O)OC(C)(C)C)CC1. The zero-order chi connectivity index (χ0) is 17.0. The summed E-state index contributed by atoms with van der Waals surface area (Å²) in [5.41, 5.74) is -0.0230. The molecule has 1 aliphatic rings. The third-order valence-electron chi connectivity index (χ3n) is 2.84. The topological polar surface area (TPSA) is 68.2 Å². The number of aliphatic imine (C=N–C) groups is 1. The standard InChI is InChI=1S/C16H28N2O4/c1-15(2,3)21-13(19)11-17-12-7-9-18(10-8-12)14(20)22-16(4,5)6/h7-11H2,1-6H3. The maximum absolute atomic E-state index is 11.9. The molecule has 6 heteroatoms. The van der Waals surface area contributed by atoms with E-state index < -0.39 is 11.2 Å². The minimum absolute atomic E-state index is 0.0407. The maximum Gasteiger partial charge on any atom is 0.410 e. The molecular formula is C16H28N2O4. The second kappa shape index (κ2) is 7.11. The molecule has 0 aliphatic carbocycles. The van der Waals surface area contributed by atoms with Crippen LogP contribution in [0, 0.1) is 0 Å². The van der Waals surface area contributed by atoms with Crippen LogP contribution in [0.1, 0.15) is 54.4 Å². The van der Waals surface area contributed by atoms with Crippen molar-refractivity contribution >= 4 is 17.8 Å². The van der Waals surface area contributed by atoms with E-state index in [0.717, 1.165) is 5.71 Å². The van der Waals surface area contributed by atoms with Crippen molar-refractivity contribution in [2.75, 3.05) is 19.6 Å². The minimum Gasteiger partial charge on any atom is -0.459 e. The second-order valence-electron chi connectivity index (χ2n) is 7.44. The van der Waals surface area contributed by atoms with Crippen LogP contribution in [0.15, 0.2) is 4.99 Å². The molecule has 1 rings (SSSR count). The number of hydrogen-bond donors (Lipinski definition) is 0. The predicted octanol–water partition coefficient (Wildman–Crippen LogP) is 2.80. The Morgan fingerprint density at radius 1 is 1.00 bits per heavy atom. The molecular weight excluding hydrogens is 284 g/mol. The van der Waals surface area contributed by atoms with Gasteiger partial charge in [0.2, 0.25) is 0 Å². The smallest absolute Gasteiger partial charge is 0.410 e. The summed E-state index contributed by atoms with van der Waals surface area (Å²) in [5.74, 6) is -0.324. The molecule has 0 unspecified atom stereocenters. The Morgan fingerprint density at radius 2 is 1.50 bits per heavy atom. The average Bonchev–Trinajstić information content (AvgIpc) is 2.33. The minimum atomic E-state index is -0.489. The van der Waals surface area contributed by atoms with Gasteiger partial charge in [-0.05, 0) is 41.5 Å². The number of esters is 1. The normalized spacial score (nSPS) is 16.3. The highest BCUT2D eigenvalue weighted by molar-refractivity contribution is 5.88. The van der Waals surface area contributed by atoms with E-state index in [4.69, 9.17) is 9.47 Å². The van der Waals surface area contributed by atoms with Gasteiger partial charge < -0.3 is 14.4 Å². The van der Waals surface area contributed by atoms with Gasteiger partial charge in [-0.1, -0.05) is 0 Å². The summed E-state index contributed by atoms with van der Waals surface area (Å²) >= 11 is 0. The van der Waals surface area contributed by atoms with Crippen LogP contribution in [-0.2, 0) is 14.3 Å². The fourth-order valence-corrected chi connectivity index (χ4v) is 1.98. The van der Waals surface area contributed by atoms with Crippen molar-refractivity contribution in [1.29, 1.82) is 0 Å². The lowest BCUT2D eigenvalue weighted by molar-refractivity contribution is -0.152. The Labute approximate surface area is 132 Å². The highest BCUT2D eigenvalue weighted by Crippen LogP contribution is 2.14. The van der Waals surface area contributed by atoms with Gasteiger partial charge in [0.15, 0.2) is 0 Å². The molecule has 0 saturated carbocycles. The van der Waals surface area contributed by atoms with Crippen LogP contribution in [0.3, 0.4) is 0 Å². The monoisotopic (exact) mass is 312 g/mol. The molecule has 0 aromatic heterocycles. The number of carbonyl (C=O) groups is 2. The van der Waals surface area contributed by atoms with Crippen LogP contribution in [0.2, 0.25) is 0 Å². The van der Waals surface area contributed by atoms with Crippen molar-refractivity contribution in [2.24, 2.45) is 4.99 Å². The Bertz CT molecular complexity index is 434. The van der Waals surface area contributed by atoms with Crippen LogP contribution < -0.4 is 0 Å². The number of hydrogen-bond acceptors (Lipinski definition) is 5. The first-order valence-electron chi connectivity index (χ1n) is 7.68. The van der Waals surface area contributed by atoms with Gasteiger partial charge in [-0.2, -0.15) is 0 Å². The molecule has 0 radical (unpaired) electrons. The lowest BCUT2D eigenvalue weighted by Gasteiger charge is -2.30. The van der Waals surface area contributed by atoms with Gasteiger partial charge in [-0.3, -0.25) is 9.79 Å². The van der Waals surface area contributed by atoms with Gasteiger partial charge in [0.1, 0.15) is 17.7 Å². The van der Waals surface area contributed by atoms with E-state index in [9.17, 15) is 9.59 Å². The number of nitrogens with zero attached hydrogens (tertiary/aromatic N) is 2. The molecule has 126 valence electrons. The fourth-order valence-electron chi connectivity index (χ4n) is 1.98. The van der Waals surface area contributed by atoms with Gasteiger partial charge in [-0.15, -0.1) is 0 Å². The van der Waals surface area contributed by atoms with Gasteiger partial charge in [0.25, 0.3) is 0 Å². The van der Waals surface area contributed by atoms with E-state index in [-0.39, 0.29) is 18.6 Å². The number of amides is 1. The van der Waals surface area contributed by atoms with E-state index in [1.165, 1.54) is 0 Å². The van der Waals surface area contributed by atoms with Gasteiger partial charge in [0.05, 0.1) is 0 Å². The largest absolute Gasteiger partial charge is 0.459 e. The van der Waals surface area contributed by atoms with Crippen LogP contribution in [0.25, 0.3) is 0 Å². The third-order valence-corrected chi connectivity index (χ3v) is 2.84. The molecule has 1 saturated heterocycles. The summed E-state index contributed by atoms with van der Waals surface area (Å²) in [7, 11) is 0. The molecule has 1 fully saturated rings. The molecule has 1 heterocycles. The van der Waals surface area contributed by atoms with E-state index in [1.807, 2.05) is 41.5 Å². The lowest BCUT2D eigenvalue weighted by atomic mass is 10.1. The molecule has 0 spiro atoms. The first-order valence-corrected chi connectivity index (χ1v) is 7.68.